The molecule has 7 heteroatoms. The first-order valence-corrected chi connectivity index (χ1v) is 11.4. The van der Waals surface area contributed by atoms with Crippen LogP contribution < -0.4 is 14.8 Å². The molecule has 0 heterocycles. The van der Waals surface area contributed by atoms with E-state index in [1.165, 1.54) is 13.2 Å². The third-order valence-electron chi connectivity index (χ3n) is 4.91. The molecule has 2 N–H and O–H groups in total. The van der Waals surface area contributed by atoms with Gasteiger partial charge in [0.05, 0.1) is 7.11 Å². The molecule has 6 nitrogen and oxygen atoms in total. The normalized spacial score (nSPS) is 12.2. The summed E-state index contributed by atoms with van der Waals surface area (Å²) in [7, 11) is -2.62. The lowest BCUT2D eigenvalue weighted by atomic mass is 10.1. The number of benzene rings is 3. The molecule has 1 atom stereocenters. The Morgan fingerprint density at radius 2 is 1.65 bits per heavy atom. The van der Waals surface area contributed by atoms with Crippen molar-refractivity contribution in [1.82, 2.24) is 4.72 Å². The summed E-state index contributed by atoms with van der Waals surface area (Å²) >= 11 is 0. The molecule has 0 aliphatic carbocycles. The fourth-order valence-corrected chi connectivity index (χ4v) is 4.66. The molecule has 0 saturated carbocycles. The van der Waals surface area contributed by atoms with Gasteiger partial charge in [-0.25, -0.2) is 8.42 Å². The van der Waals surface area contributed by atoms with Gasteiger partial charge in [0.1, 0.15) is 16.7 Å². The van der Waals surface area contributed by atoms with Crippen LogP contribution in [0.3, 0.4) is 0 Å². The van der Waals surface area contributed by atoms with Crippen LogP contribution in [-0.4, -0.2) is 27.5 Å². The summed E-state index contributed by atoms with van der Waals surface area (Å²) in [5, 5.41) is 2.85. The second-order valence-corrected chi connectivity index (χ2v) is 9.00. The van der Waals surface area contributed by atoms with E-state index in [1.54, 1.807) is 25.1 Å². The van der Waals surface area contributed by atoms with E-state index in [-0.39, 0.29) is 17.1 Å². The number of sulfonamides is 1. The summed E-state index contributed by atoms with van der Waals surface area (Å²) in [6.07, 6.45) is 0.200. The number of aryl methyl sites for hydroxylation is 2. The molecule has 0 saturated heterocycles. The van der Waals surface area contributed by atoms with Gasteiger partial charge in [0.2, 0.25) is 15.9 Å². The van der Waals surface area contributed by atoms with Gasteiger partial charge in [-0.3, -0.25) is 4.79 Å². The van der Waals surface area contributed by atoms with E-state index in [1.807, 2.05) is 55.5 Å². The molecule has 3 aromatic rings. The summed E-state index contributed by atoms with van der Waals surface area (Å²) in [6, 6.07) is 20.5. The highest BCUT2D eigenvalue weighted by Gasteiger charge is 2.28. The minimum atomic E-state index is -4.03. The Morgan fingerprint density at radius 3 is 2.32 bits per heavy atom. The Labute approximate surface area is 183 Å². The van der Waals surface area contributed by atoms with Crippen LogP contribution in [0.2, 0.25) is 0 Å². The fourth-order valence-electron chi connectivity index (χ4n) is 3.22. The highest BCUT2D eigenvalue weighted by molar-refractivity contribution is 7.89. The first kappa shape index (κ1) is 22.5. The second-order valence-electron chi connectivity index (χ2n) is 7.32. The Balaban J connectivity index is 1.93. The fraction of sp³-hybridized carbons (Fsp3) is 0.208. The number of amides is 1. The van der Waals surface area contributed by atoms with E-state index in [4.69, 9.17) is 4.74 Å². The molecule has 31 heavy (non-hydrogen) atoms. The maximum absolute atomic E-state index is 13.2. The van der Waals surface area contributed by atoms with Crippen molar-refractivity contribution in [3.05, 3.63) is 89.5 Å². The summed E-state index contributed by atoms with van der Waals surface area (Å²) in [6.45, 7) is 3.67. The van der Waals surface area contributed by atoms with E-state index in [0.717, 1.165) is 16.7 Å². The number of nitrogens with one attached hydrogen (secondary N) is 2. The van der Waals surface area contributed by atoms with Crippen LogP contribution in [0.4, 0.5) is 5.69 Å². The van der Waals surface area contributed by atoms with Crippen molar-refractivity contribution < 1.29 is 17.9 Å². The average Bonchev–Trinajstić information content (AvgIpc) is 2.75. The second kappa shape index (κ2) is 9.76. The van der Waals surface area contributed by atoms with E-state index < -0.39 is 22.0 Å². The Hall–Kier alpha value is -3.16. The molecule has 3 aromatic carbocycles. The highest BCUT2D eigenvalue weighted by Crippen LogP contribution is 2.25. The van der Waals surface area contributed by atoms with Crippen molar-refractivity contribution in [2.24, 2.45) is 0 Å². The zero-order valence-corrected chi connectivity index (χ0v) is 18.6. The molecule has 0 aliphatic rings. The van der Waals surface area contributed by atoms with Crippen LogP contribution in [-0.2, 0) is 21.2 Å². The Morgan fingerprint density at radius 1 is 0.968 bits per heavy atom. The number of hydrogen-bond acceptors (Lipinski definition) is 4. The maximum atomic E-state index is 13.2. The summed E-state index contributed by atoms with van der Waals surface area (Å²) in [5.74, 6) is -0.218. The van der Waals surface area contributed by atoms with Crippen molar-refractivity contribution in [3.63, 3.8) is 0 Å². The van der Waals surface area contributed by atoms with Crippen LogP contribution in [0.1, 0.15) is 16.7 Å². The first-order valence-electron chi connectivity index (χ1n) is 9.87. The van der Waals surface area contributed by atoms with Crippen molar-refractivity contribution in [1.29, 1.82) is 0 Å². The molecular formula is C24H26N2O4S. The standard InChI is InChI=1S/C24H26N2O4S/c1-17-13-14-22(30-3)23(15-17)31(28,29)26-21(16-19-10-5-4-6-11-19)24(27)25-20-12-8-7-9-18(20)2/h4-15,21,26H,16H2,1-3H3,(H,25,27)/t21-/m0/s1. The molecule has 3 rings (SSSR count). The lowest BCUT2D eigenvalue weighted by Gasteiger charge is -2.20. The van der Waals surface area contributed by atoms with Gasteiger partial charge >= 0.3 is 0 Å². The van der Waals surface area contributed by atoms with E-state index in [0.29, 0.717) is 5.69 Å². The smallest absolute Gasteiger partial charge is 0.245 e. The molecule has 0 fully saturated rings. The van der Waals surface area contributed by atoms with Gasteiger partial charge in [-0.2, -0.15) is 4.72 Å². The number of ether oxygens (including phenoxy) is 1. The van der Waals surface area contributed by atoms with Crippen LogP contribution in [0.25, 0.3) is 0 Å². The SMILES string of the molecule is COc1ccc(C)cc1S(=O)(=O)N[C@@H](Cc1ccccc1)C(=O)Nc1ccccc1C. The molecule has 0 unspecified atom stereocenters. The van der Waals surface area contributed by atoms with E-state index >= 15 is 0 Å². The minimum absolute atomic E-state index is 0.00301. The Kier molecular flexibility index (Phi) is 7.09. The summed E-state index contributed by atoms with van der Waals surface area (Å²) in [5.41, 5.74) is 3.13. The van der Waals surface area contributed by atoms with Gasteiger partial charge in [-0.05, 0) is 55.2 Å². The van der Waals surface area contributed by atoms with Crippen molar-refractivity contribution in [3.8, 4) is 5.75 Å². The first-order chi connectivity index (χ1) is 14.8. The molecule has 0 spiro atoms. The number of carbonyl (C=O) groups is 1. The largest absolute Gasteiger partial charge is 0.495 e. The monoisotopic (exact) mass is 438 g/mol. The highest BCUT2D eigenvalue weighted by atomic mass is 32.2. The molecule has 0 aliphatic heterocycles. The van der Waals surface area contributed by atoms with Gasteiger partial charge in [0.25, 0.3) is 0 Å². The molecule has 1 amide bonds. The number of anilines is 1. The van der Waals surface area contributed by atoms with E-state index in [9.17, 15) is 13.2 Å². The zero-order valence-electron chi connectivity index (χ0n) is 17.8. The zero-order chi connectivity index (χ0) is 22.4. The maximum Gasteiger partial charge on any atom is 0.245 e. The van der Waals surface area contributed by atoms with Crippen LogP contribution >= 0.6 is 0 Å². The van der Waals surface area contributed by atoms with Crippen LogP contribution in [0, 0.1) is 13.8 Å². The number of rotatable bonds is 8. The van der Waals surface area contributed by atoms with E-state index in [2.05, 4.69) is 10.0 Å². The third-order valence-corrected chi connectivity index (χ3v) is 6.40. The number of hydrogen-bond donors (Lipinski definition) is 2. The molecule has 162 valence electrons. The average molecular weight is 439 g/mol. The molecule has 0 bridgehead atoms. The molecular weight excluding hydrogens is 412 g/mol. The lowest BCUT2D eigenvalue weighted by Crippen LogP contribution is -2.45. The van der Waals surface area contributed by atoms with Gasteiger partial charge in [-0.1, -0.05) is 54.6 Å². The van der Waals surface area contributed by atoms with Crippen molar-refractivity contribution in [2.75, 3.05) is 12.4 Å². The van der Waals surface area contributed by atoms with Gasteiger partial charge < -0.3 is 10.1 Å². The van der Waals surface area contributed by atoms with Crippen LogP contribution in [0.15, 0.2) is 77.7 Å². The summed E-state index contributed by atoms with van der Waals surface area (Å²) < 4.78 is 34.3. The predicted octanol–water partition coefficient (Wildman–Crippen LogP) is 3.84. The number of para-hydroxylation sites is 1. The van der Waals surface area contributed by atoms with Gasteiger partial charge in [0.15, 0.2) is 0 Å². The van der Waals surface area contributed by atoms with Crippen molar-refractivity contribution >= 4 is 21.6 Å². The predicted molar refractivity (Wildman–Crippen MR) is 122 cm³/mol. The number of methoxy groups -OCH3 is 1. The van der Waals surface area contributed by atoms with Crippen LogP contribution in [0.5, 0.6) is 5.75 Å². The lowest BCUT2D eigenvalue weighted by molar-refractivity contribution is -0.117. The minimum Gasteiger partial charge on any atom is -0.495 e. The Bertz CT molecular complexity index is 1160. The topological polar surface area (TPSA) is 84.5 Å². The summed E-state index contributed by atoms with van der Waals surface area (Å²) in [4.78, 5) is 13.1. The third kappa shape index (κ3) is 5.71. The van der Waals surface area contributed by atoms with Gasteiger partial charge in [-0.15, -0.1) is 0 Å². The molecule has 0 aromatic heterocycles. The quantitative estimate of drug-likeness (QED) is 0.560. The van der Waals surface area contributed by atoms with Crippen molar-refractivity contribution in [2.45, 2.75) is 31.2 Å². The van der Waals surface area contributed by atoms with Gasteiger partial charge in [0, 0.05) is 5.69 Å². The number of carbonyl (C=O) groups excluding carboxylic acids is 1. The molecule has 0 radical (unpaired) electrons.